The largest absolute Gasteiger partial charge is 0.364 e. The first kappa shape index (κ1) is 16.1. The van der Waals surface area contributed by atoms with E-state index in [9.17, 15) is 10.1 Å². The van der Waals surface area contributed by atoms with Gasteiger partial charge < -0.3 is 10.6 Å². The van der Waals surface area contributed by atoms with E-state index in [2.05, 4.69) is 32.5 Å². The third kappa shape index (κ3) is 3.67. The number of aryl methyl sites for hydroxylation is 2. The van der Waals surface area contributed by atoms with Gasteiger partial charge in [-0.2, -0.15) is 0 Å². The van der Waals surface area contributed by atoms with E-state index in [-0.39, 0.29) is 17.3 Å². The topological polar surface area (TPSA) is 106 Å². The summed E-state index contributed by atoms with van der Waals surface area (Å²) >= 11 is 1.43. The van der Waals surface area contributed by atoms with Gasteiger partial charge in [-0.05, 0) is 20.3 Å². The van der Waals surface area contributed by atoms with Gasteiger partial charge in [0.05, 0.1) is 10.6 Å². The van der Waals surface area contributed by atoms with Crippen LogP contribution < -0.4 is 10.6 Å². The molecule has 0 aliphatic carbocycles. The van der Waals surface area contributed by atoms with E-state index in [1.54, 1.807) is 0 Å². The zero-order valence-electron chi connectivity index (χ0n) is 12.7. The Bertz CT molecular complexity index is 653. The van der Waals surface area contributed by atoms with Crippen molar-refractivity contribution in [2.24, 2.45) is 0 Å². The van der Waals surface area contributed by atoms with Gasteiger partial charge in [-0.15, -0.1) is 11.3 Å². The molecule has 0 aromatic carbocycles. The van der Waals surface area contributed by atoms with Crippen LogP contribution in [0.3, 0.4) is 0 Å². The molecule has 0 aliphatic rings. The minimum absolute atomic E-state index is 0.146. The van der Waals surface area contributed by atoms with Crippen LogP contribution >= 0.6 is 11.3 Å². The maximum absolute atomic E-state index is 11.4. The molecular formula is C13H18N6O2S. The molecule has 0 radical (unpaired) electrons. The smallest absolute Gasteiger partial charge is 0.353 e. The number of rotatable bonds is 7. The Morgan fingerprint density at radius 3 is 2.64 bits per heavy atom. The molecule has 118 valence electrons. The second-order valence-corrected chi connectivity index (χ2v) is 5.95. The standard InChI is InChI=1S/C13H18N6O2S/c1-4-5-6-14-11-10(19(20)21)12(16-7-15-11)18-13-17-8(2)9(3)22-13/h7H,4-6H2,1-3H3,(H2,14,15,16,17,18). The fraction of sp³-hybridized carbons (Fsp3) is 0.462. The van der Waals surface area contributed by atoms with Gasteiger partial charge in [0, 0.05) is 11.4 Å². The number of anilines is 3. The Morgan fingerprint density at radius 1 is 1.32 bits per heavy atom. The van der Waals surface area contributed by atoms with Crippen LogP contribution in [0.5, 0.6) is 0 Å². The first-order valence-electron chi connectivity index (χ1n) is 6.97. The lowest BCUT2D eigenvalue weighted by Gasteiger charge is -2.08. The summed E-state index contributed by atoms with van der Waals surface area (Å²) < 4.78 is 0. The number of hydrogen-bond acceptors (Lipinski definition) is 8. The number of nitrogens with one attached hydrogen (secondary N) is 2. The van der Waals surface area contributed by atoms with E-state index < -0.39 is 4.92 Å². The molecule has 2 rings (SSSR count). The van der Waals surface area contributed by atoms with Crippen molar-refractivity contribution in [3.63, 3.8) is 0 Å². The van der Waals surface area contributed by atoms with Crippen molar-refractivity contribution in [3.8, 4) is 0 Å². The van der Waals surface area contributed by atoms with Crippen molar-refractivity contribution in [3.05, 3.63) is 27.0 Å². The quantitative estimate of drug-likeness (QED) is 0.457. The first-order valence-corrected chi connectivity index (χ1v) is 7.78. The number of thiazole rings is 1. The lowest BCUT2D eigenvalue weighted by Crippen LogP contribution is -2.09. The van der Waals surface area contributed by atoms with Crippen LogP contribution in [0, 0.1) is 24.0 Å². The highest BCUT2D eigenvalue weighted by Crippen LogP contribution is 2.32. The highest BCUT2D eigenvalue weighted by molar-refractivity contribution is 7.15. The summed E-state index contributed by atoms with van der Waals surface area (Å²) in [4.78, 5) is 24.2. The minimum Gasteiger partial charge on any atom is -0.364 e. The van der Waals surface area contributed by atoms with Crippen molar-refractivity contribution >= 4 is 33.8 Å². The Labute approximate surface area is 132 Å². The van der Waals surface area contributed by atoms with Gasteiger partial charge in [0.25, 0.3) is 0 Å². The van der Waals surface area contributed by atoms with Crippen LogP contribution in [0.25, 0.3) is 0 Å². The van der Waals surface area contributed by atoms with Gasteiger partial charge >= 0.3 is 5.69 Å². The molecule has 0 saturated heterocycles. The predicted molar refractivity (Wildman–Crippen MR) is 87.0 cm³/mol. The molecule has 2 aromatic rings. The molecule has 8 nitrogen and oxygen atoms in total. The fourth-order valence-corrected chi connectivity index (χ4v) is 2.60. The average molecular weight is 322 g/mol. The van der Waals surface area contributed by atoms with Gasteiger partial charge in [0.1, 0.15) is 6.33 Å². The van der Waals surface area contributed by atoms with Crippen LogP contribution in [0.4, 0.5) is 22.5 Å². The zero-order valence-corrected chi connectivity index (χ0v) is 13.5. The summed E-state index contributed by atoms with van der Waals surface area (Å²) in [6, 6.07) is 0. The van der Waals surface area contributed by atoms with Crippen molar-refractivity contribution < 1.29 is 4.92 Å². The van der Waals surface area contributed by atoms with Crippen molar-refractivity contribution in [2.75, 3.05) is 17.2 Å². The van der Waals surface area contributed by atoms with E-state index in [0.717, 1.165) is 23.4 Å². The SMILES string of the molecule is CCCCNc1ncnc(Nc2nc(C)c(C)s2)c1[N+](=O)[O-]. The molecule has 0 fully saturated rings. The number of unbranched alkanes of at least 4 members (excludes halogenated alkanes) is 1. The van der Waals surface area contributed by atoms with Crippen molar-refractivity contribution in [1.29, 1.82) is 0 Å². The first-order chi connectivity index (χ1) is 10.5. The molecule has 2 heterocycles. The van der Waals surface area contributed by atoms with E-state index >= 15 is 0 Å². The number of aromatic nitrogens is 3. The van der Waals surface area contributed by atoms with Gasteiger partial charge in [-0.3, -0.25) is 10.1 Å². The molecule has 0 saturated carbocycles. The number of hydrogen-bond donors (Lipinski definition) is 2. The zero-order chi connectivity index (χ0) is 16.1. The normalized spacial score (nSPS) is 10.5. The summed E-state index contributed by atoms with van der Waals surface area (Å²) in [6.07, 6.45) is 3.21. The monoisotopic (exact) mass is 322 g/mol. The second-order valence-electron chi connectivity index (χ2n) is 4.74. The van der Waals surface area contributed by atoms with Gasteiger partial charge in [0.15, 0.2) is 5.13 Å². The highest BCUT2D eigenvalue weighted by Gasteiger charge is 2.23. The predicted octanol–water partition coefficient (Wildman–Crippen LogP) is 3.41. The fourth-order valence-electron chi connectivity index (χ4n) is 1.78. The average Bonchev–Trinajstić information content (AvgIpc) is 2.77. The van der Waals surface area contributed by atoms with Crippen molar-refractivity contribution in [2.45, 2.75) is 33.6 Å². The Kier molecular flexibility index (Phi) is 5.21. The van der Waals surface area contributed by atoms with Gasteiger partial charge in [0.2, 0.25) is 11.6 Å². The lowest BCUT2D eigenvalue weighted by molar-refractivity contribution is -0.383. The lowest BCUT2D eigenvalue weighted by atomic mass is 10.3. The molecular weight excluding hydrogens is 304 g/mol. The Morgan fingerprint density at radius 2 is 2.05 bits per heavy atom. The van der Waals surface area contributed by atoms with E-state index in [0.29, 0.717) is 11.7 Å². The molecule has 0 spiro atoms. The Balaban J connectivity index is 2.29. The molecule has 0 atom stereocenters. The Hall–Kier alpha value is -2.29. The number of nitrogens with zero attached hydrogens (tertiary/aromatic N) is 4. The van der Waals surface area contributed by atoms with Crippen LogP contribution in [-0.4, -0.2) is 26.4 Å². The maximum Gasteiger partial charge on any atom is 0.353 e. The molecule has 2 N–H and O–H groups in total. The van der Waals surface area contributed by atoms with Crippen LogP contribution in [0.15, 0.2) is 6.33 Å². The van der Waals surface area contributed by atoms with Crippen LogP contribution in [-0.2, 0) is 0 Å². The molecule has 0 unspecified atom stereocenters. The maximum atomic E-state index is 11.4. The molecule has 0 amide bonds. The number of nitro groups is 1. The van der Waals surface area contributed by atoms with Crippen molar-refractivity contribution in [1.82, 2.24) is 15.0 Å². The molecule has 0 bridgehead atoms. The summed E-state index contributed by atoms with van der Waals surface area (Å²) in [5.74, 6) is 0.369. The summed E-state index contributed by atoms with van der Waals surface area (Å²) in [5.41, 5.74) is 0.731. The van der Waals surface area contributed by atoms with Gasteiger partial charge in [-0.25, -0.2) is 15.0 Å². The second kappa shape index (κ2) is 7.12. The summed E-state index contributed by atoms with van der Waals surface area (Å²) in [7, 11) is 0. The third-order valence-corrected chi connectivity index (χ3v) is 4.07. The van der Waals surface area contributed by atoms with E-state index in [4.69, 9.17) is 0 Å². The molecule has 0 aliphatic heterocycles. The summed E-state index contributed by atoms with van der Waals surface area (Å²) in [6.45, 7) is 6.52. The molecule has 9 heteroatoms. The summed E-state index contributed by atoms with van der Waals surface area (Å²) in [5, 5.41) is 17.9. The molecule has 2 aromatic heterocycles. The highest BCUT2D eigenvalue weighted by atomic mass is 32.1. The van der Waals surface area contributed by atoms with Crippen LogP contribution in [0.2, 0.25) is 0 Å². The van der Waals surface area contributed by atoms with E-state index in [1.807, 2.05) is 13.8 Å². The van der Waals surface area contributed by atoms with Crippen LogP contribution in [0.1, 0.15) is 30.3 Å². The molecule has 22 heavy (non-hydrogen) atoms. The minimum atomic E-state index is -0.482. The van der Waals surface area contributed by atoms with E-state index in [1.165, 1.54) is 17.7 Å². The van der Waals surface area contributed by atoms with Gasteiger partial charge in [-0.1, -0.05) is 13.3 Å². The third-order valence-electron chi connectivity index (χ3n) is 3.08.